The van der Waals surface area contributed by atoms with E-state index in [0.717, 1.165) is 19.3 Å². The van der Waals surface area contributed by atoms with Gasteiger partial charge in [-0.2, -0.15) is 0 Å². The average molecular weight is 545 g/mol. The highest BCUT2D eigenvalue weighted by Gasteiger charge is 2.52. The molecule has 2 saturated heterocycles. The number of carbonyl (C=O) groups excluding carboxylic acids is 3. The Balaban J connectivity index is 1.78. The summed E-state index contributed by atoms with van der Waals surface area (Å²) in [6, 6.07) is -2.77. The Hall–Kier alpha value is -2.32. The summed E-state index contributed by atoms with van der Waals surface area (Å²) in [6.07, 6.45) is -4.71. The zero-order chi connectivity index (χ0) is 28.1. The average Bonchev–Trinajstić information content (AvgIpc) is 3.27. The third-order valence-corrected chi connectivity index (χ3v) is 7.63. The minimum absolute atomic E-state index is 0.0466. The lowest BCUT2D eigenvalue weighted by Gasteiger charge is -2.39. The van der Waals surface area contributed by atoms with E-state index < -0.39 is 72.6 Å². The van der Waals surface area contributed by atoms with Crippen LogP contribution in [0.5, 0.6) is 0 Å². The van der Waals surface area contributed by atoms with Crippen LogP contribution in [0, 0.1) is 5.92 Å². The third-order valence-electron chi connectivity index (χ3n) is 7.63. The maximum Gasteiger partial charge on any atom is 0.335 e. The minimum Gasteiger partial charge on any atom is -0.479 e. The van der Waals surface area contributed by atoms with Crippen molar-refractivity contribution in [1.82, 2.24) is 10.2 Å². The molecule has 13 heteroatoms. The van der Waals surface area contributed by atoms with Gasteiger partial charge >= 0.3 is 17.9 Å². The molecule has 0 aromatic carbocycles. The molecule has 0 aromatic rings. The zero-order valence-electron chi connectivity index (χ0n) is 22.0. The van der Waals surface area contributed by atoms with Crippen LogP contribution >= 0.6 is 0 Å². The number of aliphatic hydroxyl groups is 3. The molecular formula is C25H40N2O11. The number of carboxylic acids is 1. The van der Waals surface area contributed by atoms with Gasteiger partial charge in [0.1, 0.15) is 30.4 Å². The second-order valence-corrected chi connectivity index (χ2v) is 10.3. The molecule has 13 nitrogen and oxygen atoms in total. The number of carboxylic acid groups (broad SMARTS) is 1. The molecule has 1 unspecified atom stereocenters. The number of rotatable bonds is 10. The number of ether oxygens (including phenoxy) is 3. The van der Waals surface area contributed by atoms with Gasteiger partial charge in [-0.25, -0.2) is 9.59 Å². The second-order valence-electron chi connectivity index (χ2n) is 10.3. The van der Waals surface area contributed by atoms with Crippen LogP contribution in [0.3, 0.4) is 0 Å². The summed E-state index contributed by atoms with van der Waals surface area (Å²) in [4.78, 5) is 52.3. The van der Waals surface area contributed by atoms with Crippen molar-refractivity contribution < 1.29 is 53.8 Å². The SMILES string of the molecule is CCC[C@H](NC(C)C(=O)N1[C@H](C(=O)O[C@H]2O[C@@H](C(=O)O)[C@H](O)[C@@H](O)[C@@H]2O)C[C@@H]2CCCC[C@@H]21)C(=O)OCC. The normalized spacial score (nSPS) is 34.6. The lowest BCUT2D eigenvalue weighted by Crippen LogP contribution is -2.61. The van der Waals surface area contributed by atoms with Gasteiger partial charge in [-0.1, -0.05) is 26.2 Å². The molecule has 10 atom stereocenters. The van der Waals surface area contributed by atoms with E-state index in [1.807, 2.05) is 6.92 Å². The summed E-state index contributed by atoms with van der Waals surface area (Å²) in [5.41, 5.74) is 0. The van der Waals surface area contributed by atoms with Gasteiger partial charge in [-0.15, -0.1) is 0 Å². The molecule has 3 fully saturated rings. The fourth-order valence-electron chi connectivity index (χ4n) is 5.73. The number of nitrogens with zero attached hydrogens (tertiary/aromatic N) is 1. The molecule has 5 N–H and O–H groups in total. The van der Waals surface area contributed by atoms with E-state index in [4.69, 9.17) is 14.2 Å². The first-order chi connectivity index (χ1) is 18.0. The fraction of sp³-hybridized carbons (Fsp3) is 0.840. The Morgan fingerprint density at radius 2 is 1.74 bits per heavy atom. The van der Waals surface area contributed by atoms with Gasteiger partial charge in [0, 0.05) is 6.04 Å². The van der Waals surface area contributed by atoms with Crippen LogP contribution in [0.15, 0.2) is 0 Å². The molecule has 1 amide bonds. The standard InChI is InChI=1S/C25H40N2O11/c1-4-8-14(23(34)36-5-2)26-12(3)21(31)27-15-10-7-6-9-13(15)11-16(27)24(35)38-25-19(30)17(28)18(29)20(37-25)22(32)33/h12-20,25-26,28-30H,4-11H2,1-3H3,(H,32,33)/t12?,13-,14-,15-,16-,17+,18+,19-,20+,25+/m0/s1. The molecule has 38 heavy (non-hydrogen) atoms. The highest BCUT2D eigenvalue weighted by Crippen LogP contribution is 2.41. The maximum atomic E-state index is 13.7. The molecule has 0 bridgehead atoms. The first-order valence-corrected chi connectivity index (χ1v) is 13.4. The van der Waals surface area contributed by atoms with Crippen LogP contribution in [0.25, 0.3) is 0 Å². The summed E-state index contributed by atoms with van der Waals surface area (Å²) in [5.74, 6) is -3.32. The van der Waals surface area contributed by atoms with E-state index in [-0.39, 0.29) is 18.6 Å². The van der Waals surface area contributed by atoms with Crippen molar-refractivity contribution in [1.29, 1.82) is 0 Å². The number of nitrogens with one attached hydrogen (secondary N) is 1. The van der Waals surface area contributed by atoms with Gasteiger partial charge in [0.15, 0.2) is 6.10 Å². The van der Waals surface area contributed by atoms with Crippen molar-refractivity contribution in [2.24, 2.45) is 5.92 Å². The molecule has 1 aliphatic carbocycles. The smallest absolute Gasteiger partial charge is 0.335 e. The summed E-state index contributed by atoms with van der Waals surface area (Å²) in [6.45, 7) is 5.43. The predicted octanol–water partition coefficient (Wildman–Crippen LogP) is -0.709. The van der Waals surface area contributed by atoms with E-state index in [1.54, 1.807) is 13.8 Å². The molecule has 0 spiro atoms. The van der Waals surface area contributed by atoms with E-state index in [9.17, 15) is 39.6 Å². The van der Waals surface area contributed by atoms with Crippen LogP contribution in [0.2, 0.25) is 0 Å². The predicted molar refractivity (Wildman–Crippen MR) is 129 cm³/mol. The number of amides is 1. The van der Waals surface area contributed by atoms with Gasteiger partial charge in [0.05, 0.1) is 12.6 Å². The van der Waals surface area contributed by atoms with Crippen molar-refractivity contribution in [3.8, 4) is 0 Å². The number of likely N-dealkylation sites (tertiary alicyclic amines) is 1. The van der Waals surface area contributed by atoms with Gasteiger partial charge in [-0.3, -0.25) is 14.9 Å². The Morgan fingerprint density at radius 1 is 1.05 bits per heavy atom. The highest BCUT2D eigenvalue weighted by molar-refractivity contribution is 5.89. The van der Waals surface area contributed by atoms with Crippen molar-refractivity contribution in [3.63, 3.8) is 0 Å². The van der Waals surface area contributed by atoms with Crippen LogP contribution in [-0.2, 0) is 33.4 Å². The van der Waals surface area contributed by atoms with E-state index in [0.29, 0.717) is 25.7 Å². The molecule has 216 valence electrons. The van der Waals surface area contributed by atoms with Crippen molar-refractivity contribution in [2.75, 3.05) is 6.61 Å². The third kappa shape index (κ3) is 6.45. The number of fused-ring (bicyclic) bond motifs is 1. The van der Waals surface area contributed by atoms with Crippen LogP contribution in [0.1, 0.15) is 65.7 Å². The first kappa shape index (κ1) is 30.2. The van der Waals surface area contributed by atoms with Crippen LogP contribution in [-0.4, -0.2) is 111 Å². The lowest BCUT2D eigenvalue weighted by molar-refractivity contribution is -0.287. The minimum atomic E-state index is -1.92. The number of aliphatic carboxylic acids is 1. The zero-order valence-corrected chi connectivity index (χ0v) is 22.0. The maximum absolute atomic E-state index is 13.7. The molecule has 0 aromatic heterocycles. The molecular weight excluding hydrogens is 504 g/mol. The van der Waals surface area contributed by atoms with Crippen LogP contribution < -0.4 is 5.32 Å². The summed E-state index contributed by atoms with van der Waals surface area (Å²) < 4.78 is 15.5. The second kappa shape index (κ2) is 13.2. The summed E-state index contributed by atoms with van der Waals surface area (Å²) in [7, 11) is 0. The lowest BCUT2D eigenvalue weighted by atomic mass is 9.84. The molecule has 2 heterocycles. The van der Waals surface area contributed by atoms with Crippen molar-refractivity contribution in [3.05, 3.63) is 0 Å². The van der Waals surface area contributed by atoms with Crippen LogP contribution in [0.4, 0.5) is 0 Å². The molecule has 0 radical (unpaired) electrons. The van der Waals surface area contributed by atoms with Gasteiger partial charge in [0.25, 0.3) is 0 Å². The van der Waals surface area contributed by atoms with Gasteiger partial charge in [0.2, 0.25) is 12.2 Å². The van der Waals surface area contributed by atoms with E-state index >= 15 is 0 Å². The van der Waals surface area contributed by atoms with Gasteiger partial charge < -0.3 is 39.5 Å². The number of aliphatic hydroxyl groups excluding tert-OH is 3. The Bertz CT molecular complexity index is 870. The van der Waals surface area contributed by atoms with Crippen molar-refractivity contribution in [2.45, 2.75) is 121 Å². The fourth-order valence-corrected chi connectivity index (χ4v) is 5.73. The Labute approximate surface area is 221 Å². The molecule has 1 saturated carbocycles. The number of esters is 2. The van der Waals surface area contributed by atoms with Gasteiger partial charge in [-0.05, 0) is 45.4 Å². The molecule has 3 rings (SSSR count). The van der Waals surface area contributed by atoms with E-state index in [1.165, 1.54) is 4.90 Å². The quantitative estimate of drug-likeness (QED) is 0.217. The Kier molecular flexibility index (Phi) is 10.5. The summed E-state index contributed by atoms with van der Waals surface area (Å²) >= 11 is 0. The molecule has 3 aliphatic rings. The first-order valence-electron chi connectivity index (χ1n) is 13.4. The largest absolute Gasteiger partial charge is 0.479 e. The highest BCUT2D eigenvalue weighted by atomic mass is 16.7. The topological polar surface area (TPSA) is 192 Å². The van der Waals surface area contributed by atoms with E-state index in [2.05, 4.69) is 5.32 Å². The monoisotopic (exact) mass is 544 g/mol. The number of hydrogen-bond acceptors (Lipinski definition) is 11. The number of carbonyl (C=O) groups is 4. The van der Waals surface area contributed by atoms with Crippen molar-refractivity contribution >= 4 is 23.8 Å². The Morgan fingerprint density at radius 3 is 2.37 bits per heavy atom. The number of hydrogen-bond donors (Lipinski definition) is 5. The summed E-state index contributed by atoms with van der Waals surface area (Å²) in [5, 5.41) is 42.5. The molecule has 2 aliphatic heterocycles.